The maximum Gasteiger partial charge on any atom is 0.291 e. The van der Waals surface area contributed by atoms with Crippen molar-refractivity contribution in [2.24, 2.45) is 11.8 Å². The molecule has 1 aromatic rings. The molecule has 1 unspecified atom stereocenters. The molecule has 0 aliphatic carbocycles. The summed E-state index contributed by atoms with van der Waals surface area (Å²) < 4.78 is 0. The van der Waals surface area contributed by atoms with Crippen LogP contribution in [0.3, 0.4) is 0 Å². The molecule has 0 bridgehead atoms. The molecule has 1 heterocycles. The van der Waals surface area contributed by atoms with Crippen LogP contribution in [0.2, 0.25) is 0 Å². The lowest BCUT2D eigenvalue weighted by Crippen LogP contribution is -2.27. The van der Waals surface area contributed by atoms with Crippen molar-refractivity contribution in [1.82, 2.24) is 4.90 Å². The summed E-state index contributed by atoms with van der Waals surface area (Å²) in [6.07, 6.45) is 0. The van der Waals surface area contributed by atoms with Crippen LogP contribution in [0.4, 0.5) is 0 Å². The third kappa shape index (κ3) is 2.72. The first-order valence-corrected chi connectivity index (χ1v) is 6.41. The van der Waals surface area contributed by atoms with Crippen molar-refractivity contribution in [3.8, 4) is 0 Å². The van der Waals surface area contributed by atoms with Crippen LogP contribution in [0.25, 0.3) is 0 Å². The number of likely N-dealkylation sites (tertiary alicyclic amines) is 1. The molecule has 4 heteroatoms. The molecule has 100 valence electrons. The van der Waals surface area contributed by atoms with E-state index in [9.17, 15) is 14.4 Å². The van der Waals surface area contributed by atoms with E-state index in [-0.39, 0.29) is 18.2 Å². The second kappa shape index (κ2) is 5.34. The highest BCUT2D eigenvalue weighted by Crippen LogP contribution is 2.20. The monoisotopic (exact) mass is 259 g/mol. The molecule has 0 spiro atoms. The molecule has 1 fully saturated rings. The van der Waals surface area contributed by atoms with Crippen molar-refractivity contribution in [3.05, 3.63) is 35.9 Å². The summed E-state index contributed by atoms with van der Waals surface area (Å²) >= 11 is 0. The van der Waals surface area contributed by atoms with E-state index >= 15 is 0 Å². The van der Waals surface area contributed by atoms with Gasteiger partial charge in [0.15, 0.2) is 0 Å². The van der Waals surface area contributed by atoms with E-state index in [1.165, 1.54) is 4.90 Å². The minimum atomic E-state index is -0.781. The Morgan fingerprint density at radius 3 is 2.47 bits per heavy atom. The Labute approximate surface area is 112 Å². The number of carbonyl (C=O) groups is 3. The summed E-state index contributed by atoms with van der Waals surface area (Å²) in [4.78, 5) is 37.1. The summed E-state index contributed by atoms with van der Waals surface area (Å²) in [5.41, 5.74) is 0.960. The van der Waals surface area contributed by atoms with Gasteiger partial charge in [0.1, 0.15) is 11.7 Å². The summed E-state index contributed by atoms with van der Waals surface area (Å²) in [5.74, 6) is -2.25. The summed E-state index contributed by atoms with van der Waals surface area (Å²) in [7, 11) is 0. The van der Waals surface area contributed by atoms with Crippen LogP contribution in [-0.4, -0.2) is 28.9 Å². The second-order valence-electron chi connectivity index (χ2n) is 5.15. The topological polar surface area (TPSA) is 54.5 Å². The Balaban J connectivity index is 2.11. The first-order valence-electron chi connectivity index (χ1n) is 6.41. The summed E-state index contributed by atoms with van der Waals surface area (Å²) in [5, 5.41) is 0. The third-order valence-electron chi connectivity index (χ3n) is 3.35. The van der Waals surface area contributed by atoms with Gasteiger partial charge in [0.05, 0.1) is 0 Å². The van der Waals surface area contributed by atoms with Gasteiger partial charge in [0, 0.05) is 19.0 Å². The van der Waals surface area contributed by atoms with Crippen molar-refractivity contribution < 1.29 is 14.4 Å². The minimum absolute atomic E-state index is 0.145. The predicted octanol–water partition coefficient (Wildman–Crippen LogP) is 1.44. The largest absolute Gasteiger partial charge is 0.331 e. The molecule has 1 aromatic carbocycles. The van der Waals surface area contributed by atoms with Gasteiger partial charge in [-0.1, -0.05) is 44.2 Å². The van der Waals surface area contributed by atoms with Crippen LogP contribution in [-0.2, 0) is 20.9 Å². The third-order valence-corrected chi connectivity index (χ3v) is 3.35. The standard InChI is InChI=1S/C15H17NO3/c1-10(2)13(17)12-9-16(15(19)14(12)18)8-11-6-4-3-5-7-11/h3-7,10,12H,8-9H2,1-2H3. The molecule has 1 amide bonds. The number of carbonyl (C=O) groups excluding carboxylic acids is 3. The smallest absolute Gasteiger partial charge is 0.291 e. The van der Waals surface area contributed by atoms with E-state index < -0.39 is 17.6 Å². The number of hydrogen-bond donors (Lipinski definition) is 0. The molecule has 19 heavy (non-hydrogen) atoms. The lowest BCUT2D eigenvalue weighted by molar-refractivity contribution is -0.142. The van der Waals surface area contributed by atoms with Gasteiger partial charge >= 0.3 is 0 Å². The molecule has 1 aliphatic heterocycles. The first-order chi connectivity index (χ1) is 9.00. The van der Waals surface area contributed by atoms with Crippen LogP contribution in [0.15, 0.2) is 30.3 Å². The van der Waals surface area contributed by atoms with E-state index in [1.54, 1.807) is 13.8 Å². The van der Waals surface area contributed by atoms with Crippen molar-refractivity contribution in [1.29, 1.82) is 0 Å². The molecule has 1 aliphatic rings. The van der Waals surface area contributed by atoms with Gasteiger partial charge < -0.3 is 4.90 Å². The zero-order valence-electron chi connectivity index (χ0n) is 11.1. The molecule has 0 radical (unpaired) electrons. The minimum Gasteiger partial charge on any atom is -0.331 e. The number of ketones is 2. The van der Waals surface area contributed by atoms with Gasteiger partial charge in [0.25, 0.3) is 5.91 Å². The van der Waals surface area contributed by atoms with Gasteiger partial charge in [-0.25, -0.2) is 0 Å². The highest BCUT2D eigenvalue weighted by Gasteiger charge is 2.43. The van der Waals surface area contributed by atoms with Gasteiger partial charge in [-0.05, 0) is 5.56 Å². The van der Waals surface area contributed by atoms with Crippen molar-refractivity contribution >= 4 is 17.5 Å². The number of nitrogens with zero attached hydrogens (tertiary/aromatic N) is 1. The van der Waals surface area contributed by atoms with Crippen LogP contribution in [0, 0.1) is 11.8 Å². The first kappa shape index (κ1) is 13.5. The fourth-order valence-corrected chi connectivity index (χ4v) is 2.25. The average Bonchev–Trinajstić information content (AvgIpc) is 2.67. The number of rotatable bonds is 4. The van der Waals surface area contributed by atoms with E-state index in [4.69, 9.17) is 0 Å². The van der Waals surface area contributed by atoms with E-state index in [0.29, 0.717) is 6.54 Å². The highest BCUT2D eigenvalue weighted by atomic mass is 16.2. The molecule has 2 rings (SSSR count). The molecular formula is C15H17NO3. The number of benzene rings is 1. The molecule has 0 N–H and O–H groups in total. The van der Waals surface area contributed by atoms with Crippen molar-refractivity contribution in [2.45, 2.75) is 20.4 Å². The summed E-state index contributed by atoms with van der Waals surface area (Å²) in [6.45, 7) is 4.09. The average molecular weight is 259 g/mol. The zero-order valence-corrected chi connectivity index (χ0v) is 11.1. The van der Waals surface area contributed by atoms with Gasteiger partial charge in [-0.3, -0.25) is 14.4 Å². The molecule has 0 aromatic heterocycles. The quantitative estimate of drug-likeness (QED) is 0.607. The van der Waals surface area contributed by atoms with E-state index in [1.807, 2.05) is 30.3 Å². The molecule has 0 saturated carbocycles. The van der Waals surface area contributed by atoms with Gasteiger partial charge in [-0.2, -0.15) is 0 Å². The fraction of sp³-hybridized carbons (Fsp3) is 0.400. The molecule has 4 nitrogen and oxygen atoms in total. The van der Waals surface area contributed by atoms with E-state index in [0.717, 1.165) is 5.56 Å². The van der Waals surface area contributed by atoms with Crippen molar-refractivity contribution in [2.75, 3.05) is 6.54 Å². The Kier molecular flexibility index (Phi) is 3.79. The Morgan fingerprint density at radius 2 is 1.89 bits per heavy atom. The number of amides is 1. The number of Topliss-reactive ketones (excluding diaryl/α,β-unsaturated/α-hetero) is 2. The molecule has 1 atom stereocenters. The normalized spacial score (nSPS) is 19.3. The maximum absolute atomic E-state index is 11.9. The predicted molar refractivity (Wildman–Crippen MR) is 70.2 cm³/mol. The highest BCUT2D eigenvalue weighted by molar-refractivity contribution is 6.42. The summed E-state index contributed by atoms with van der Waals surface area (Å²) in [6, 6.07) is 9.46. The van der Waals surface area contributed by atoms with Crippen LogP contribution >= 0.6 is 0 Å². The second-order valence-corrected chi connectivity index (χ2v) is 5.15. The fourth-order valence-electron chi connectivity index (χ4n) is 2.25. The van der Waals surface area contributed by atoms with Crippen LogP contribution in [0.1, 0.15) is 19.4 Å². The van der Waals surface area contributed by atoms with E-state index in [2.05, 4.69) is 0 Å². The van der Waals surface area contributed by atoms with Gasteiger partial charge in [-0.15, -0.1) is 0 Å². The van der Waals surface area contributed by atoms with Gasteiger partial charge in [0.2, 0.25) is 5.78 Å². The Hall–Kier alpha value is -1.97. The molecular weight excluding hydrogens is 242 g/mol. The zero-order chi connectivity index (χ0) is 14.0. The molecule has 1 saturated heterocycles. The number of hydrogen-bond acceptors (Lipinski definition) is 3. The maximum atomic E-state index is 11.9. The SMILES string of the molecule is CC(C)C(=O)C1CN(Cc2ccccc2)C(=O)C1=O. The lowest BCUT2D eigenvalue weighted by atomic mass is 9.94. The van der Waals surface area contributed by atoms with Crippen molar-refractivity contribution in [3.63, 3.8) is 0 Å². The van der Waals surface area contributed by atoms with Crippen LogP contribution in [0.5, 0.6) is 0 Å². The lowest BCUT2D eigenvalue weighted by Gasteiger charge is -2.15. The van der Waals surface area contributed by atoms with Crippen LogP contribution < -0.4 is 0 Å². The Morgan fingerprint density at radius 1 is 1.26 bits per heavy atom. The Bertz CT molecular complexity index is 507.